The lowest BCUT2D eigenvalue weighted by atomic mass is 10.4. The zero-order chi connectivity index (χ0) is 9.90. The van der Waals surface area contributed by atoms with Crippen LogP contribution in [0.25, 0.3) is 0 Å². The van der Waals surface area contributed by atoms with Crippen LogP contribution >= 0.6 is 0 Å². The van der Waals surface area contributed by atoms with Gasteiger partial charge in [0.15, 0.2) is 5.82 Å². The number of hydrogen-bond acceptors (Lipinski definition) is 5. The Morgan fingerprint density at radius 1 is 1.62 bits per heavy atom. The van der Waals surface area contributed by atoms with E-state index in [1.54, 1.807) is 13.8 Å². The third kappa shape index (κ3) is 2.74. The molecule has 0 radical (unpaired) electrons. The van der Waals surface area contributed by atoms with Crippen LogP contribution in [0.2, 0.25) is 0 Å². The van der Waals surface area contributed by atoms with Gasteiger partial charge in [-0.05, 0) is 13.8 Å². The van der Waals surface area contributed by atoms with Crippen LogP contribution in [0.5, 0.6) is 0 Å². The van der Waals surface area contributed by atoms with Crippen LogP contribution in [0.4, 0.5) is 0 Å². The van der Waals surface area contributed by atoms with Crippen LogP contribution in [0.15, 0.2) is 0 Å². The number of nitrogens with one attached hydrogen (secondary N) is 2. The summed E-state index contributed by atoms with van der Waals surface area (Å²) in [6.07, 6.45) is 0. The number of rotatable bonds is 4. The molecule has 0 bridgehead atoms. The molecule has 1 aromatic heterocycles. The lowest BCUT2D eigenvalue weighted by Crippen LogP contribution is -2.28. The van der Waals surface area contributed by atoms with Gasteiger partial charge in [-0.3, -0.25) is 0 Å². The Balaban J connectivity index is 2.67. The first-order valence-electron chi connectivity index (χ1n) is 3.78. The monoisotopic (exact) mass is 205 g/mol. The van der Waals surface area contributed by atoms with E-state index in [1.165, 1.54) is 0 Å². The van der Waals surface area contributed by atoms with Gasteiger partial charge in [0.2, 0.25) is 10.0 Å². The van der Waals surface area contributed by atoms with Gasteiger partial charge in [-0.1, -0.05) is 5.21 Å². The number of H-pyrrole nitrogens is 1. The molecule has 0 aliphatic rings. The maximum absolute atomic E-state index is 11.1. The van der Waals surface area contributed by atoms with Crippen LogP contribution in [-0.2, 0) is 10.0 Å². The minimum atomic E-state index is -3.22. The minimum Gasteiger partial charge on any atom is -0.212 e. The van der Waals surface area contributed by atoms with Crippen molar-refractivity contribution in [3.05, 3.63) is 5.82 Å². The molecule has 0 amide bonds. The van der Waals surface area contributed by atoms with Crippen LogP contribution < -0.4 is 4.72 Å². The largest absolute Gasteiger partial charge is 0.212 e. The highest BCUT2D eigenvalue weighted by atomic mass is 32.2. The van der Waals surface area contributed by atoms with E-state index in [-0.39, 0.29) is 5.75 Å². The molecule has 74 valence electrons. The molecule has 1 aromatic rings. The van der Waals surface area contributed by atoms with Gasteiger partial charge in [0.05, 0.1) is 11.8 Å². The molecule has 1 heterocycles. The van der Waals surface area contributed by atoms with E-state index in [1.807, 2.05) is 0 Å². The van der Waals surface area contributed by atoms with Crippen LogP contribution in [0, 0.1) is 0 Å². The lowest BCUT2D eigenvalue weighted by molar-refractivity contribution is 0.561. The van der Waals surface area contributed by atoms with Gasteiger partial charge in [0, 0.05) is 0 Å². The number of aromatic amines is 1. The fourth-order valence-electron chi connectivity index (χ4n) is 0.758. The van der Waals surface area contributed by atoms with E-state index in [2.05, 4.69) is 25.3 Å². The molecule has 0 aliphatic carbocycles. The van der Waals surface area contributed by atoms with E-state index < -0.39 is 16.1 Å². The van der Waals surface area contributed by atoms with Gasteiger partial charge in [0.1, 0.15) is 0 Å². The molecule has 1 atom stereocenters. The lowest BCUT2D eigenvalue weighted by Gasteiger charge is -2.08. The van der Waals surface area contributed by atoms with Crippen molar-refractivity contribution in [1.82, 2.24) is 25.3 Å². The Hall–Kier alpha value is -1.02. The zero-order valence-corrected chi connectivity index (χ0v) is 8.17. The van der Waals surface area contributed by atoms with E-state index in [0.717, 1.165) is 0 Å². The summed E-state index contributed by atoms with van der Waals surface area (Å²) in [4.78, 5) is 0. The number of sulfonamides is 1. The van der Waals surface area contributed by atoms with Crippen LogP contribution in [0.3, 0.4) is 0 Å². The van der Waals surface area contributed by atoms with E-state index in [4.69, 9.17) is 0 Å². The van der Waals surface area contributed by atoms with Crippen molar-refractivity contribution in [3.63, 3.8) is 0 Å². The van der Waals surface area contributed by atoms with Gasteiger partial charge in [-0.2, -0.15) is 5.21 Å². The normalized spacial score (nSPS) is 14.3. The summed E-state index contributed by atoms with van der Waals surface area (Å²) in [5.74, 6) is 0.367. The second-order valence-corrected chi connectivity index (χ2v) is 4.56. The predicted molar refractivity (Wildman–Crippen MR) is 45.2 cm³/mol. The standard InChI is InChI=1S/C5H11N5O2S/c1-3-13(11,12)8-4(2)5-6-9-10-7-5/h4,8H,3H2,1-2H3,(H,6,7,9,10). The molecular weight excluding hydrogens is 194 g/mol. The molecule has 7 nitrogen and oxygen atoms in total. The summed E-state index contributed by atoms with van der Waals surface area (Å²) in [6, 6.07) is -0.455. The summed E-state index contributed by atoms with van der Waals surface area (Å²) in [7, 11) is -3.22. The maximum Gasteiger partial charge on any atom is 0.211 e. The summed E-state index contributed by atoms with van der Waals surface area (Å²) in [5.41, 5.74) is 0. The second kappa shape index (κ2) is 3.79. The molecule has 0 aliphatic heterocycles. The summed E-state index contributed by atoms with van der Waals surface area (Å²) in [6.45, 7) is 3.21. The van der Waals surface area contributed by atoms with Crippen molar-refractivity contribution in [1.29, 1.82) is 0 Å². The Morgan fingerprint density at radius 3 is 2.77 bits per heavy atom. The van der Waals surface area contributed by atoms with Crippen molar-refractivity contribution in [2.75, 3.05) is 5.75 Å². The van der Waals surface area contributed by atoms with Crippen LogP contribution in [-0.4, -0.2) is 34.8 Å². The SMILES string of the molecule is CCS(=O)(=O)NC(C)c1nn[nH]n1. The molecule has 0 spiro atoms. The number of aromatic nitrogens is 4. The first-order chi connectivity index (χ1) is 6.05. The highest BCUT2D eigenvalue weighted by Crippen LogP contribution is 2.04. The van der Waals surface area contributed by atoms with E-state index in [0.29, 0.717) is 5.82 Å². The molecule has 8 heteroatoms. The maximum atomic E-state index is 11.1. The second-order valence-electron chi connectivity index (χ2n) is 2.51. The topological polar surface area (TPSA) is 101 Å². The van der Waals surface area contributed by atoms with E-state index >= 15 is 0 Å². The average molecular weight is 205 g/mol. The third-order valence-corrected chi connectivity index (χ3v) is 2.96. The molecule has 1 unspecified atom stereocenters. The zero-order valence-electron chi connectivity index (χ0n) is 7.35. The predicted octanol–water partition coefficient (Wildman–Crippen LogP) is -0.800. The van der Waals surface area contributed by atoms with Gasteiger partial charge in [-0.15, -0.1) is 10.2 Å². The minimum absolute atomic E-state index is 0.0369. The quantitative estimate of drug-likeness (QED) is 0.670. The van der Waals surface area contributed by atoms with Gasteiger partial charge in [0.25, 0.3) is 0 Å². The Kier molecular flexibility index (Phi) is 2.94. The Labute approximate surface area is 76.0 Å². The van der Waals surface area contributed by atoms with Gasteiger partial charge in [-0.25, -0.2) is 13.1 Å². The molecular formula is C5H11N5O2S. The highest BCUT2D eigenvalue weighted by molar-refractivity contribution is 7.89. The summed E-state index contributed by atoms with van der Waals surface area (Å²) >= 11 is 0. The van der Waals surface area contributed by atoms with Gasteiger partial charge < -0.3 is 0 Å². The van der Waals surface area contributed by atoms with Crippen molar-refractivity contribution in [2.45, 2.75) is 19.9 Å². The van der Waals surface area contributed by atoms with Gasteiger partial charge >= 0.3 is 0 Å². The fraction of sp³-hybridized carbons (Fsp3) is 0.800. The number of hydrogen-bond donors (Lipinski definition) is 2. The molecule has 0 saturated heterocycles. The molecule has 0 aromatic carbocycles. The first kappa shape index (κ1) is 10.1. The average Bonchev–Trinajstić information content (AvgIpc) is 2.55. The highest BCUT2D eigenvalue weighted by Gasteiger charge is 2.16. The molecule has 2 N–H and O–H groups in total. The molecule has 0 saturated carbocycles. The number of nitrogens with zero attached hydrogens (tertiary/aromatic N) is 3. The Morgan fingerprint density at radius 2 is 2.31 bits per heavy atom. The molecule has 1 rings (SSSR count). The Bertz CT molecular complexity index is 345. The molecule has 13 heavy (non-hydrogen) atoms. The van der Waals surface area contributed by atoms with Crippen LogP contribution in [0.1, 0.15) is 25.7 Å². The third-order valence-electron chi connectivity index (χ3n) is 1.49. The fourth-order valence-corrected chi connectivity index (χ4v) is 1.57. The van der Waals surface area contributed by atoms with Crippen molar-refractivity contribution in [3.8, 4) is 0 Å². The van der Waals surface area contributed by atoms with Crippen molar-refractivity contribution >= 4 is 10.0 Å². The van der Waals surface area contributed by atoms with Crippen molar-refractivity contribution < 1.29 is 8.42 Å². The van der Waals surface area contributed by atoms with Crippen molar-refractivity contribution in [2.24, 2.45) is 0 Å². The summed E-state index contributed by atoms with van der Waals surface area (Å²) in [5, 5.41) is 12.9. The van der Waals surface area contributed by atoms with E-state index in [9.17, 15) is 8.42 Å². The first-order valence-corrected chi connectivity index (χ1v) is 5.43. The smallest absolute Gasteiger partial charge is 0.211 e. The molecule has 0 fully saturated rings. The number of tetrazole rings is 1. The summed E-state index contributed by atoms with van der Waals surface area (Å²) < 4.78 is 24.6.